The van der Waals surface area contributed by atoms with Crippen molar-refractivity contribution >= 4 is 16.8 Å². The zero-order valence-corrected chi connectivity index (χ0v) is 10.8. The van der Waals surface area contributed by atoms with E-state index in [-0.39, 0.29) is 5.78 Å². The van der Waals surface area contributed by atoms with E-state index >= 15 is 0 Å². The van der Waals surface area contributed by atoms with Crippen LogP contribution in [-0.4, -0.2) is 31.7 Å². The number of benzene rings is 1. The maximum Gasteiger partial charge on any atom is 0.198 e. The SMILES string of the molecule is CCc1oc2ccccc2c1C(=O)C1COCCO1. The van der Waals surface area contributed by atoms with E-state index in [1.54, 1.807) is 0 Å². The van der Waals surface area contributed by atoms with Crippen molar-refractivity contribution in [1.82, 2.24) is 0 Å². The van der Waals surface area contributed by atoms with E-state index < -0.39 is 6.10 Å². The van der Waals surface area contributed by atoms with Gasteiger partial charge in [-0.05, 0) is 6.07 Å². The number of aryl methyl sites for hydroxylation is 1. The van der Waals surface area contributed by atoms with Crippen LogP contribution in [0.5, 0.6) is 0 Å². The second kappa shape index (κ2) is 5.15. The molecule has 2 heterocycles. The topological polar surface area (TPSA) is 48.7 Å². The highest BCUT2D eigenvalue weighted by Crippen LogP contribution is 2.28. The van der Waals surface area contributed by atoms with Crippen LogP contribution >= 0.6 is 0 Å². The van der Waals surface area contributed by atoms with Gasteiger partial charge in [0.05, 0.1) is 25.4 Å². The number of furan rings is 1. The summed E-state index contributed by atoms with van der Waals surface area (Å²) in [5.41, 5.74) is 1.40. The Bertz CT molecular complexity index is 593. The summed E-state index contributed by atoms with van der Waals surface area (Å²) in [4.78, 5) is 12.6. The number of hydrogen-bond donors (Lipinski definition) is 0. The number of para-hydroxylation sites is 1. The van der Waals surface area contributed by atoms with E-state index in [9.17, 15) is 4.79 Å². The van der Waals surface area contributed by atoms with Gasteiger partial charge in [0, 0.05) is 11.8 Å². The Hall–Kier alpha value is -1.65. The van der Waals surface area contributed by atoms with Crippen LogP contribution < -0.4 is 0 Å². The molecule has 0 radical (unpaired) electrons. The molecule has 2 aromatic rings. The fourth-order valence-electron chi connectivity index (χ4n) is 2.42. The van der Waals surface area contributed by atoms with Crippen LogP contribution in [0.1, 0.15) is 23.0 Å². The zero-order chi connectivity index (χ0) is 13.2. The maximum absolute atomic E-state index is 12.6. The molecule has 0 saturated carbocycles. The minimum atomic E-state index is -0.514. The molecular formula is C15H16O4. The summed E-state index contributed by atoms with van der Waals surface area (Å²) in [5, 5.41) is 0.860. The van der Waals surface area contributed by atoms with Crippen LogP contribution in [0.4, 0.5) is 0 Å². The van der Waals surface area contributed by atoms with E-state index in [4.69, 9.17) is 13.9 Å². The lowest BCUT2D eigenvalue weighted by molar-refractivity contribution is -0.0719. The van der Waals surface area contributed by atoms with Crippen molar-refractivity contribution < 1.29 is 18.7 Å². The molecule has 1 aliphatic heterocycles. The van der Waals surface area contributed by atoms with Crippen LogP contribution in [0.2, 0.25) is 0 Å². The molecule has 1 saturated heterocycles. The van der Waals surface area contributed by atoms with Crippen LogP contribution in [-0.2, 0) is 15.9 Å². The first-order valence-corrected chi connectivity index (χ1v) is 6.55. The maximum atomic E-state index is 12.6. The van der Waals surface area contributed by atoms with Crippen molar-refractivity contribution in [2.75, 3.05) is 19.8 Å². The minimum absolute atomic E-state index is 0.0403. The van der Waals surface area contributed by atoms with E-state index in [2.05, 4.69) is 0 Å². The average Bonchev–Trinajstić information content (AvgIpc) is 2.86. The Labute approximate surface area is 111 Å². The monoisotopic (exact) mass is 260 g/mol. The van der Waals surface area contributed by atoms with Gasteiger partial charge in [0.1, 0.15) is 17.4 Å². The molecule has 1 atom stereocenters. The van der Waals surface area contributed by atoms with Gasteiger partial charge in [-0.15, -0.1) is 0 Å². The molecule has 1 aromatic heterocycles. The predicted molar refractivity (Wildman–Crippen MR) is 70.5 cm³/mol. The van der Waals surface area contributed by atoms with E-state index in [1.807, 2.05) is 31.2 Å². The Morgan fingerprint density at radius 2 is 2.16 bits per heavy atom. The highest BCUT2D eigenvalue weighted by Gasteiger charge is 2.29. The van der Waals surface area contributed by atoms with Gasteiger partial charge in [-0.25, -0.2) is 0 Å². The number of ketones is 1. The van der Waals surface area contributed by atoms with Crippen molar-refractivity contribution in [3.8, 4) is 0 Å². The second-order valence-corrected chi connectivity index (χ2v) is 4.55. The summed E-state index contributed by atoms with van der Waals surface area (Å²) in [6.07, 6.45) is 0.170. The molecule has 100 valence electrons. The van der Waals surface area contributed by atoms with Crippen LogP contribution in [0.25, 0.3) is 11.0 Å². The molecule has 1 aromatic carbocycles. The number of hydrogen-bond acceptors (Lipinski definition) is 4. The molecule has 0 aliphatic carbocycles. The number of Topliss-reactive ketones (excluding diaryl/α,β-unsaturated/α-hetero) is 1. The number of carbonyl (C=O) groups is 1. The third-order valence-corrected chi connectivity index (χ3v) is 3.34. The summed E-state index contributed by atoms with van der Waals surface area (Å²) in [7, 11) is 0. The molecule has 4 nitrogen and oxygen atoms in total. The number of fused-ring (bicyclic) bond motifs is 1. The second-order valence-electron chi connectivity index (χ2n) is 4.55. The smallest absolute Gasteiger partial charge is 0.198 e. The van der Waals surface area contributed by atoms with E-state index in [0.717, 1.165) is 16.7 Å². The van der Waals surface area contributed by atoms with Gasteiger partial charge < -0.3 is 13.9 Å². The summed E-state index contributed by atoms with van der Waals surface area (Å²) < 4.78 is 16.5. The third-order valence-electron chi connectivity index (χ3n) is 3.34. The highest BCUT2D eigenvalue weighted by atomic mass is 16.6. The third kappa shape index (κ3) is 2.17. The fraction of sp³-hybridized carbons (Fsp3) is 0.400. The van der Waals surface area contributed by atoms with Gasteiger partial charge in [0.15, 0.2) is 5.78 Å². The van der Waals surface area contributed by atoms with Gasteiger partial charge in [-0.3, -0.25) is 4.79 Å². The summed E-state index contributed by atoms with van der Waals surface area (Å²) in [6.45, 7) is 3.32. The quantitative estimate of drug-likeness (QED) is 0.796. The molecule has 19 heavy (non-hydrogen) atoms. The average molecular weight is 260 g/mol. The lowest BCUT2D eigenvalue weighted by Crippen LogP contribution is -2.35. The van der Waals surface area contributed by atoms with Gasteiger partial charge in [-0.2, -0.15) is 0 Å². The molecule has 4 heteroatoms. The van der Waals surface area contributed by atoms with Crippen molar-refractivity contribution in [3.63, 3.8) is 0 Å². The molecule has 1 aliphatic rings. The molecule has 1 fully saturated rings. The van der Waals surface area contributed by atoms with Crippen LogP contribution in [0.3, 0.4) is 0 Å². The van der Waals surface area contributed by atoms with Gasteiger partial charge >= 0.3 is 0 Å². The van der Waals surface area contributed by atoms with Gasteiger partial charge in [0.2, 0.25) is 0 Å². The minimum Gasteiger partial charge on any atom is -0.460 e. The van der Waals surface area contributed by atoms with Gasteiger partial charge in [0.25, 0.3) is 0 Å². The normalized spacial score (nSPS) is 19.7. The summed E-state index contributed by atoms with van der Waals surface area (Å²) in [6, 6.07) is 7.60. The molecule has 1 unspecified atom stereocenters. The molecule has 0 amide bonds. The molecule has 3 rings (SSSR count). The first-order valence-electron chi connectivity index (χ1n) is 6.55. The van der Waals surface area contributed by atoms with Crippen molar-refractivity contribution in [1.29, 1.82) is 0 Å². The Balaban J connectivity index is 2.04. The van der Waals surface area contributed by atoms with Crippen molar-refractivity contribution in [2.45, 2.75) is 19.4 Å². The number of carbonyl (C=O) groups excluding carboxylic acids is 1. The lowest BCUT2D eigenvalue weighted by atomic mass is 10.0. The van der Waals surface area contributed by atoms with E-state index in [1.165, 1.54) is 0 Å². The molecule has 0 N–H and O–H groups in total. The van der Waals surface area contributed by atoms with Crippen LogP contribution in [0.15, 0.2) is 28.7 Å². The van der Waals surface area contributed by atoms with Crippen molar-refractivity contribution in [3.05, 3.63) is 35.6 Å². The molecule has 0 spiro atoms. The Morgan fingerprint density at radius 3 is 2.89 bits per heavy atom. The first-order chi connectivity index (χ1) is 9.31. The van der Waals surface area contributed by atoms with Crippen LogP contribution in [0, 0.1) is 0 Å². The predicted octanol–water partition coefficient (Wildman–Crippen LogP) is 2.59. The lowest BCUT2D eigenvalue weighted by Gasteiger charge is -2.21. The zero-order valence-electron chi connectivity index (χ0n) is 10.8. The Morgan fingerprint density at radius 1 is 1.32 bits per heavy atom. The van der Waals surface area contributed by atoms with Crippen molar-refractivity contribution in [2.24, 2.45) is 0 Å². The van der Waals surface area contributed by atoms with E-state index in [0.29, 0.717) is 31.8 Å². The summed E-state index contributed by atoms with van der Waals surface area (Å²) >= 11 is 0. The van der Waals surface area contributed by atoms with Gasteiger partial charge in [-0.1, -0.05) is 25.1 Å². The Kier molecular flexibility index (Phi) is 3.36. The number of rotatable bonds is 3. The highest BCUT2D eigenvalue weighted by molar-refractivity contribution is 6.10. The largest absolute Gasteiger partial charge is 0.460 e. The standard InChI is InChI=1S/C15H16O4/c1-2-11-14(10-5-3-4-6-12(10)19-11)15(16)13-9-17-7-8-18-13/h3-6,13H,2,7-9H2,1H3. The summed E-state index contributed by atoms with van der Waals surface area (Å²) in [5.74, 6) is 0.682. The number of ether oxygens (including phenoxy) is 2. The molecular weight excluding hydrogens is 244 g/mol. The fourth-order valence-corrected chi connectivity index (χ4v) is 2.42. The molecule has 0 bridgehead atoms. The first kappa shape index (κ1) is 12.4.